The van der Waals surface area contributed by atoms with Crippen molar-refractivity contribution in [1.82, 2.24) is 0 Å². The second-order valence-corrected chi connectivity index (χ2v) is 2.83. The number of aromatic carboxylic acids is 1. The predicted molar refractivity (Wildman–Crippen MR) is 52.0 cm³/mol. The van der Waals surface area contributed by atoms with Crippen molar-refractivity contribution in [2.75, 3.05) is 0 Å². The molecule has 0 aliphatic heterocycles. The summed E-state index contributed by atoms with van der Waals surface area (Å²) in [6, 6.07) is 12.7. The molecule has 4 heteroatoms. The average Bonchev–Trinajstić information content (AvgIpc) is 2.17. The molecule has 0 atom stereocenters. The SMILES string of the molecule is O=C(O)c1cccc2ccccc12.[H-].[Mn].[Na+]. The number of carboxylic acid groups (broad SMARTS) is 1. The van der Waals surface area contributed by atoms with E-state index in [9.17, 15) is 4.79 Å². The van der Waals surface area contributed by atoms with E-state index in [0.29, 0.717) is 5.56 Å². The van der Waals surface area contributed by atoms with E-state index in [-0.39, 0.29) is 48.1 Å². The van der Waals surface area contributed by atoms with Crippen molar-refractivity contribution in [3.63, 3.8) is 0 Å². The van der Waals surface area contributed by atoms with Gasteiger partial charge in [0, 0.05) is 17.1 Å². The third kappa shape index (κ3) is 3.07. The molecule has 0 heterocycles. The smallest absolute Gasteiger partial charge is 1.00 e. The molecule has 0 saturated carbocycles. The van der Waals surface area contributed by atoms with E-state index >= 15 is 0 Å². The minimum Gasteiger partial charge on any atom is -1.00 e. The first kappa shape index (κ1) is 14.7. The first-order chi connectivity index (χ1) is 6.29. The second-order valence-electron chi connectivity index (χ2n) is 2.83. The summed E-state index contributed by atoms with van der Waals surface area (Å²) in [7, 11) is 0. The van der Waals surface area contributed by atoms with Crippen LogP contribution in [0.4, 0.5) is 0 Å². The number of hydrogen-bond donors (Lipinski definition) is 1. The number of hydrogen-bond acceptors (Lipinski definition) is 1. The van der Waals surface area contributed by atoms with E-state index < -0.39 is 5.97 Å². The Morgan fingerprint density at radius 2 is 1.67 bits per heavy atom. The van der Waals surface area contributed by atoms with Gasteiger partial charge in [0.25, 0.3) is 0 Å². The molecule has 73 valence electrons. The van der Waals surface area contributed by atoms with Crippen LogP contribution < -0.4 is 29.6 Å². The fraction of sp³-hybridized carbons (Fsp3) is 0. The molecule has 2 nitrogen and oxygen atoms in total. The van der Waals surface area contributed by atoms with Gasteiger partial charge in [0.15, 0.2) is 0 Å². The molecule has 0 amide bonds. The largest absolute Gasteiger partial charge is 1.00 e. The zero-order valence-corrected chi connectivity index (χ0v) is 11.5. The van der Waals surface area contributed by atoms with Crippen molar-refractivity contribution >= 4 is 16.7 Å². The molecule has 0 aliphatic rings. The Hall–Kier alpha value is -0.311. The topological polar surface area (TPSA) is 37.3 Å². The van der Waals surface area contributed by atoms with E-state index in [1.807, 2.05) is 30.3 Å². The summed E-state index contributed by atoms with van der Waals surface area (Å²) in [5.74, 6) is -0.878. The van der Waals surface area contributed by atoms with E-state index in [0.717, 1.165) is 10.8 Å². The fourth-order valence-electron chi connectivity index (χ4n) is 1.41. The van der Waals surface area contributed by atoms with Crippen LogP contribution in [0.15, 0.2) is 42.5 Å². The first-order valence-corrected chi connectivity index (χ1v) is 4.00. The van der Waals surface area contributed by atoms with Crippen LogP contribution in [0.2, 0.25) is 0 Å². The molecule has 0 fully saturated rings. The summed E-state index contributed by atoms with van der Waals surface area (Å²) in [5.41, 5.74) is 0.359. The van der Waals surface area contributed by atoms with Crippen LogP contribution >= 0.6 is 0 Å². The third-order valence-electron chi connectivity index (χ3n) is 2.02. The molecule has 0 aromatic heterocycles. The van der Waals surface area contributed by atoms with Crippen LogP contribution in [0.1, 0.15) is 11.8 Å². The van der Waals surface area contributed by atoms with Gasteiger partial charge in [-0.15, -0.1) is 0 Å². The summed E-state index contributed by atoms with van der Waals surface area (Å²) >= 11 is 0. The molecule has 15 heavy (non-hydrogen) atoms. The zero-order valence-electron chi connectivity index (χ0n) is 9.27. The van der Waals surface area contributed by atoms with Crippen molar-refractivity contribution in [3.8, 4) is 0 Å². The summed E-state index contributed by atoms with van der Waals surface area (Å²) in [6.45, 7) is 0. The first-order valence-electron chi connectivity index (χ1n) is 4.00. The van der Waals surface area contributed by atoms with Crippen LogP contribution in [-0.4, -0.2) is 11.1 Å². The van der Waals surface area contributed by atoms with Gasteiger partial charge in [-0.05, 0) is 16.8 Å². The fourth-order valence-corrected chi connectivity index (χ4v) is 1.41. The van der Waals surface area contributed by atoms with Gasteiger partial charge in [-0.25, -0.2) is 4.79 Å². The molecule has 0 unspecified atom stereocenters. The molecule has 2 aromatic carbocycles. The molecule has 0 bridgehead atoms. The Kier molecular flexibility index (Phi) is 6.18. The predicted octanol–water partition coefficient (Wildman–Crippen LogP) is -0.348. The number of carboxylic acids is 1. The molecule has 2 aromatic rings. The molecular formula is C11H9MnNaO2. The van der Waals surface area contributed by atoms with Gasteiger partial charge in [0.1, 0.15) is 0 Å². The maximum absolute atomic E-state index is 10.8. The van der Waals surface area contributed by atoms with Crippen LogP contribution in [0.25, 0.3) is 10.8 Å². The van der Waals surface area contributed by atoms with Gasteiger partial charge >= 0.3 is 35.5 Å². The van der Waals surface area contributed by atoms with Crippen molar-refractivity contribution < 1.29 is 58.0 Å². The molecule has 1 radical (unpaired) electrons. The second kappa shape index (κ2) is 6.31. The zero-order chi connectivity index (χ0) is 9.26. The summed E-state index contributed by atoms with van der Waals surface area (Å²) in [4.78, 5) is 10.8. The summed E-state index contributed by atoms with van der Waals surface area (Å²) in [6.07, 6.45) is 0. The maximum atomic E-state index is 10.8. The van der Waals surface area contributed by atoms with Gasteiger partial charge in [-0.2, -0.15) is 0 Å². The summed E-state index contributed by atoms with van der Waals surface area (Å²) < 4.78 is 0. The normalized spacial score (nSPS) is 8.80. The molecule has 0 aliphatic carbocycles. The van der Waals surface area contributed by atoms with E-state index in [1.54, 1.807) is 12.1 Å². The van der Waals surface area contributed by atoms with E-state index in [2.05, 4.69) is 0 Å². The van der Waals surface area contributed by atoms with Gasteiger partial charge in [0.05, 0.1) is 5.56 Å². The quantitative estimate of drug-likeness (QED) is 0.703. The van der Waals surface area contributed by atoms with Gasteiger partial charge in [-0.1, -0.05) is 36.4 Å². The standard InChI is InChI=1S/C11H8O2.Mn.Na.H/c12-11(13)10-7-3-5-8-4-1-2-6-9(8)10;;;/h1-7H,(H,12,13);;;/q;;+1;-1. The van der Waals surface area contributed by atoms with Crippen molar-refractivity contribution in [2.45, 2.75) is 0 Å². The Labute approximate surface area is 122 Å². The minimum atomic E-state index is -0.878. The van der Waals surface area contributed by atoms with E-state index in [4.69, 9.17) is 5.11 Å². The number of carbonyl (C=O) groups is 1. The maximum Gasteiger partial charge on any atom is 1.00 e. The summed E-state index contributed by atoms with van der Waals surface area (Å²) in [5, 5.41) is 10.6. The molecule has 2 rings (SSSR count). The molecular weight excluding hydrogens is 242 g/mol. The van der Waals surface area contributed by atoms with Crippen LogP contribution in [0.3, 0.4) is 0 Å². The van der Waals surface area contributed by atoms with Crippen molar-refractivity contribution in [3.05, 3.63) is 48.0 Å². The van der Waals surface area contributed by atoms with E-state index in [1.165, 1.54) is 0 Å². The Balaban J connectivity index is 0. The van der Waals surface area contributed by atoms with Crippen LogP contribution in [0, 0.1) is 0 Å². The Morgan fingerprint density at radius 1 is 1.07 bits per heavy atom. The third-order valence-corrected chi connectivity index (χ3v) is 2.02. The van der Waals surface area contributed by atoms with Gasteiger partial charge in [0.2, 0.25) is 0 Å². The van der Waals surface area contributed by atoms with Crippen molar-refractivity contribution in [2.24, 2.45) is 0 Å². The van der Waals surface area contributed by atoms with Crippen LogP contribution in [-0.2, 0) is 17.1 Å². The monoisotopic (exact) mass is 251 g/mol. The number of fused-ring (bicyclic) bond motifs is 1. The molecule has 1 N–H and O–H groups in total. The molecule has 0 saturated heterocycles. The number of benzene rings is 2. The van der Waals surface area contributed by atoms with Gasteiger partial charge < -0.3 is 6.53 Å². The van der Waals surface area contributed by atoms with Crippen LogP contribution in [0.5, 0.6) is 0 Å². The Morgan fingerprint density at radius 3 is 2.33 bits per heavy atom. The Bertz CT molecular complexity index is 471. The number of rotatable bonds is 1. The van der Waals surface area contributed by atoms with Crippen molar-refractivity contribution in [1.29, 1.82) is 0 Å². The minimum absolute atomic E-state index is 0. The van der Waals surface area contributed by atoms with Gasteiger partial charge in [-0.3, -0.25) is 0 Å². The molecule has 0 spiro atoms. The average molecular weight is 251 g/mol.